The first-order valence-electron chi connectivity index (χ1n) is 29.2. The largest absolute Gasteiger partial charge is 0.744 e. The van der Waals surface area contributed by atoms with Gasteiger partial charge in [0.1, 0.15) is 40.0 Å². The molecular weight excluding hydrogens is 1090 g/mol. The summed E-state index contributed by atoms with van der Waals surface area (Å²) in [6.45, 7) is 23.7. The number of likely N-dealkylation sites (N-methyl/N-ethyl adjacent to an activating group) is 1. The Hall–Kier alpha value is -5.86. The number of ether oxygens (including phenoxy) is 4. The minimum atomic E-state index is -4.27. The number of methoxy groups -OCH3 is 3. The normalized spacial score (nSPS) is 31.0. The number of carbonyl (C=O) groups excluding carboxylic acids is 3. The van der Waals surface area contributed by atoms with Crippen LogP contribution in [0.5, 0.6) is 5.75 Å². The van der Waals surface area contributed by atoms with Gasteiger partial charge in [-0.2, -0.15) is 0 Å². The number of hydrogen-bond acceptors (Lipinski definition) is 14. The molecule has 446 valence electrons. The Kier molecular flexibility index (Phi) is 15.4. The Morgan fingerprint density at radius 2 is 1.59 bits per heavy atom. The zero-order valence-corrected chi connectivity index (χ0v) is 52.4. The number of hydrogen-bond donors (Lipinski definition) is 2. The lowest BCUT2D eigenvalue weighted by atomic mass is 9.47. The summed E-state index contributed by atoms with van der Waals surface area (Å²) in [5, 5.41) is 14.6. The molecule has 10 atom stereocenters. The van der Waals surface area contributed by atoms with E-state index in [0.29, 0.717) is 50.1 Å². The lowest BCUT2D eigenvalue weighted by molar-refractivity contribution is -0.954. The van der Waals surface area contributed by atoms with E-state index in [1.54, 1.807) is 19.2 Å². The van der Waals surface area contributed by atoms with Gasteiger partial charge in [0.2, 0.25) is 5.60 Å². The molecule has 1 aromatic heterocycles. The summed E-state index contributed by atoms with van der Waals surface area (Å²) in [6.07, 6.45) is 5.74. The summed E-state index contributed by atoms with van der Waals surface area (Å²) in [7, 11) is -0.283. The highest BCUT2D eigenvalue weighted by Gasteiger charge is 2.80. The average Bonchev–Trinajstić information content (AvgIpc) is 1.55. The zero-order valence-electron chi connectivity index (χ0n) is 50.6. The van der Waals surface area contributed by atoms with Gasteiger partial charge in [-0.1, -0.05) is 106 Å². The Balaban J connectivity index is 0.000000629. The molecule has 83 heavy (non-hydrogen) atoms. The molecule has 6 aliphatic rings. The van der Waals surface area contributed by atoms with E-state index in [-0.39, 0.29) is 21.9 Å². The molecule has 5 aromatic rings. The van der Waals surface area contributed by atoms with Gasteiger partial charge in [-0.05, 0) is 99.6 Å². The topological polar surface area (TPSA) is 197 Å². The summed E-state index contributed by atoms with van der Waals surface area (Å²) in [4.78, 5) is 52.1. The van der Waals surface area contributed by atoms with Crippen LogP contribution in [-0.4, -0.2) is 149 Å². The monoisotopic (exact) mass is 1170 g/mol. The van der Waals surface area contributed by atoms with Crippen molar-refractivity contribution in [1.82, 2.24) is 9.88 Å². The van der Waals surface area contributed by atoms with Crippen molar-refractivity contribution in [2.24, 2.45) is 11.3 Å². The molecule has 4 aromatic carbocycles. The van der Waals surface area contributed by atoms with Crippen molar-refractivity contribution in [3.8, 4) is 5.75 Å². The molecule has 2 N–H and O–H groups in total. The average molecular weight is 1170 g/mol. The number of H-pyrrole nitrogens is 1. The van der Waals surface area contributed by atoms with Crippen molar-refractivity contribution >= 4 is 52.9 Å². The number of benzene rings is 4. The summed E-state index contributed by atoms with van der Waals surface area (Å²) >= 11 is 0. The van der Waals surface area contributed by atoms with Gasteiger partial charge in [0, 0.05) is 89.2 Å². The predicted octanol–water partition coefficient (Wildman–Crippen LogP) is 9.24. The number of carbonyl (C=O) groups is 3. The fourth-order valence-corrected chi connectivity index (χ4v) is 18.8. The maximum absolute atomic E-state index is 16.0. The molecule has 1 aliphatic carbocycles. The fraction of sp³-hybridized carbons (Fsp3) is 0.523. The lowest BCUT2D eigenvalue weighted by Crippen LogP contribution is -2.81. The van der Waals surface area contributed by atoms with Gasteiger partial charge in [-0.25, -0.2) is 13.2 Å². The smallest absolute Gasteiger partial charge is 0.344 e. The van der Waals surface area contributed by atoms with Crippen LogP contribution in [0.3, 0.4) is 0 Å². The third-order valence-corrected chi connectivity index (χ3v) is 25.9. The number of nitrogens with one attached hydrogen (secondary N) is 1. The maximum Gasteiger partial charge on any atom is 0.344 e. The number of aliphatic hydroxyl groups is 1. The van der Waals surface area contributed by atoms with Crippen molar-refractivity contribution in [3.05, 3.63) is 137 Å². The summed E-state index contributed by atoms with van der Waals surface area (Å²) in [5.41, 5.74) is 1.15. The number of para-hydroxylation sites is 1. The minimum absolute atomic E-state index is 0.0307. The molecule has 0 amide bonds. The van der Waals surface area contributed by atoms with Crippen LogP contribution < -0.4 is 9.64 Å². The number of quaternary nitrogens is 1. The zero-order chi connectivity index (χ0) is 60.1. The molecule has 11 rings (SSSR count). The number of anilines is 1. The quantitative estimate of drug-likeness (QED) is 0.0317. The van der Waals surface area contributed by atoms with Crippen molar-refractivity contribution < 1.29 is 60.3 Å². The van der Waals surface area contributed by atoms with Crippen LogP contribution in [0.25, 0.3) is 10.9 Å². The number of esters is 3. The first-order valence-corrected chi connectivity index (χ1v) is 33.5. The molecule has 1 spiro atoms. The van der Waals surface area contributed by atoms with Crippen molar-refractivity contribution in [2.75, 3.05) is 66.0 Å². The van der Waals surface area contributed by atoms with E-state index in [4.69, 9.17) is 23.4 Å². The standard InChI is InChI=1S/C58H77N4O9Si.C7H8O3S/c1-13-55-25-19-27-61-28-26-56(48(55)61)42-30-43(46(67-8)31-45(42)60(7)49(56)58(66,52(65)69-10)50(55)70-37(2)63)57(51(64)68-9)33-39-32-54(6,71-72(11,12)53(3,4)5)36-62(35-39,34-38-20-15-14-16-21-38)29-24-41-40-22-17-18-23-44(40)59-47(41)57;1-6-2-4-7(5-3-6)11(8,9)10/h14-23,25,30-31,39,48-50,59,66H,13,24,26-29,32-36H2,1-12H3;2-5H,1H3,(H,8,9,10)/q+1;/p-1/t39-,48-,49+,50+,54-,55+,56+,57-,58-,62?;/m0./s1. The molecule has 1 unspecified atom stereocenters. The van der Waals surface area contributed by atoms with Gasteiger partial charge in [0.25, 0.3) is 0 Å². The molecule has 0 radical (unpaired) electrons. The second kappa shape index (κ2) is 21.3. The predicted molar refractivity (Wildman–Crippen MR) is 320 cm³/mol. The van der Waals surface area contributed by atoms with Gasteiger partial charge < -0.3 is 47.4 Å². The third kappa shape index (κ3) is 9.66. The third-order valence-electron chi connectivity index (χ3n) is 20.4. The van der Waals surface area contributed by atoms with Gasteiger partial charge in [-0.15, -0.1) is 0 Å². The van der Waals surface area contributed by atoms with E-state index in [1.807, 2.05) is 37.9 Å². The second-order valence-electron chi connectivity index (χ2n) is 26.5. The van der Waals surface area contributed by atoms with Crippen molar-refractivity contribution in [3.63, 3.8) is 0 Å². The second-order valence-corrected chi connectivity index (χ2v) is 32.6. The van der Waals surface area contributed by atoms with Crippen LogP contribution in [0.4, 0.5) is 5.69 Å². The van der Waals surface area contributed by atoms with Crippen LogP contribution in [0.15, 0.2) is 108 Å². The minimum Gasteiger partial charge on any atom is -0.744 e. The first-order chi connectivity index (χ1) is 39.0. The van der Waals surface area contributed by atoms with E-state index in [2.05, 4.69) is 117 Å². The Morgan fingerprint density at radius 3 is 2.22 bits per heavy atom. The number of fused-ring (bicyclic) bond motifs is 6. The SMILES string of the molecule is CC[C@]12C=CCN3CC[C@@]4(c5cc([C@@]6(C(=O)OC)C[C@@H]7C[C@](C)(O[Si](C)(C)C(C)(C)C)C[N+](Cc8ccccc8)(CCc8c6[nH]c6ccccc86)C7)c(OC)cc5N(C)[C@H]4[C@@](O)(C(=O)OC)[C@@H]1OC(C)=O)[C@@H]32.Cc1ccc(S(=O)(=O)[O-])cc1. The van der Waals surface area contributed by atoms with Crippen molar-refractivity contribution in [1.29, 1.82) is 0 Å². The van der Waals surface area contributed by atoms with E-state index in [0.717, 1.165) is 76.1 Å². The molecule has 1 saturated carbocycles. The number of aromatic nitrogens is 1. The van der Waals surface area contributed by atoms with Crippen LogP contribution in [0.2, 0.25) is 18.1 Å². The van der Waals surface area contributed by atoms with Crippen LogP contribution in [-0.2, 0) is 66.9 Å². The highest BCUT2D eigenvalue weighted by Crippen LogP contribution is 2.68. The Morgan fingerprint density at radius 1 is 0.916 bits per heavy atom. The molecule has 5 aliphatic heterocycles. The van der Waals surface area contributed by atoms with E-state index >= 15 is 4.79 Å². The number of nitrogens with zero attached hydrogens (tertiary/aromatic N) is 3. The highest BCUT2D eigenvalue weighted by molar-refractivity contribution is 7.85. The Labute approximate surface area is 490 Å². The first kappa shape index (κ1) is 60.3. The summed E-state index contributed by atoms with van der Waals surface area (Å²) in [5.74, 6) is -1.40. The van der Waals surface area contributed by atoms with Crippen molar-refractivity contribution in [2.45, 2.75) is 150 Å². The molecular formula is C65H84N4O12SSi. The Bertz CT molecular complexity index is 3470. The van der Waals surface area contributed by atoms with Gasteiger partial charge in [0.15, 0.2) is 14.4 Å². The van der Waals surface area contributed by atoms with Crippen LogP contribution in [0, 0.1) is 18.3 Å². The highest BCUT2D eigenvalue weighted by atomic mass is 32.2. The number of aryl methyl sites for hydroxylation is 1. The number of aromatic amines is 1. The molecule has 2 bridgehead atoms. The summed E-state index contributed by atoms with van der Waals surface area (Å²) < 4.78 is 64.3. The molecule has 6 heterocycles. The van der Waals surface area contributed by atoms with Gasteiger partial charge in [0.05, 0.1) is 45.4 Å². The molecule has 3 fully saturated rings. The molecule has 2 saturated heterocycles. The van der Waals surface area contributed by atoms with Gasteiger partial charge in [-0.3, -0.25) is 14.5 Å². The van der Waals surface area contributed by atoms with Gasteiger partial charge >= 0.3 is 17.9 Å². The maximum atomic E-state index is 16.0. The van der Waals surface area contributed by atoms with E-state index in [9.17, 15) is 27.7 Å². The van der Waals surface area contributed by atoms with E-state index < -0.39 is 75.9 Å². The van der Waals surface area contributed by atoms with Crippen LogP contribution in [0.1, 0.15) is 101 Å². The lowest BCUT2D eigenvalue weighted by Gasteiger charge is -2.63. The summed E-state index contributed by atoms with van der Waals surface area (Å²) in [6, 6.07) is 27.9. The number of rotatable bonds is 11. The fourth-order valence-electron chi connectivity index (χ4n) is 16.6. The number of piperidine rings is 1. The molecule has 16 nitrogen and oxygen atoms in total. The van der Waals surface area contributed by atoms with E-state index in [1.165, 1.54) is 38.8 Å². The molecule has 18 heteroatoms. The van der Waals surface area contributed by atoms with Crippen LogP contribution >= 0.6 is 0 Å².